The minimum atomic E-state index is -0.564. The predicted molar refractivity (Wildman–Crippen MR) is 129 cm³/mol. The normalized spacial score (nSPS) is 13.9. The molecule has 0 radical (unpaired) electrons. The van der Waals surface area contributed by atoms with Gasteiger partial charge in [-0.15, -0.1) is 0 Å². The van der Waals surface area contributed by atoms with Crippen molar-refractivity contribution in [3.63, 3.8) is 0 Å². The Bertz CT molecular complexity index is 1610. The number of nitrogens with one attached hydrogen (secondary N) is 2. The number of ether oxygens (including phenoxy) is 1. The van der Waals surface area contributed by atoms with E-state index < -0.39 is 11.8 Å². The van der Waals surface area contributed by atoms with Crippen LogP contribution in [0.25, 0.3) is 21.3 Å². The maximum absolute atomic E-state index is 13.7. The fraction of sp³-hybridized carbons (Fsp3) is 0.160. The molecule has 0 spiro atoms. The predicted octanol–water partition coefficient (Wildman–Crippen LogP) is 3.63. The number of aryl methyl sites for hydroxylation is 1. The monoisotopic (exact) mass is 543 g/mol. The number of carbonyl (C=O) groups is 2. The van der Waals surface area contributed by atoms with Crippen LogP contribution in [0, 0.1) is 25.5 Å². The van der Waals surface area contributed by atoms with Crippen molar-refractivity contribution < 1.29 is 23.1 Å². The number of esters is 1. The van der Waals surface area contributed by atoms with Gasteiger partial charge in [-0.2, -0.15) is 0 Å². The number of nitrogens with zero attached hydrogens (tertiary/aromatic N) is 1. The van der Waals surface area contributed by atoms with E-state index in [0.717, 1.165) is 0 Å². The number of hydrogen-bond acceptors (Lipinski definition) is 4. The Labute approximate surface area is 204 Å². The zero-order valence-corrected chi connectivity index (χ0v) is 20.4. The van der Waals surface area contributed by atoms with Gasteiger partial charge in [-0.25, -0.2) is 4.39 Å². The molecular weight excluding hydrogens is 523 g/mol. The molecule has 2 N–H and O–H groups in total. The first kappa shape index (κ1) is 23.0. The number of fused-ring (bicyclic) bond motifs is 2. The van der Waals surface area contributed by atoms with Crippen LogP contribution in [-0.2, 0) is 16.1 Å². The molecule has 0 unspecified atom stereocenters. The molecule has 2 aromatic carbocycles. The third-order valence-corrected chi connectivity index (χ3v) is 8.18. The zero-order chi connectivity index (χ0) is 24.9. The first-order valence-corrected chi connectivity index (χ1v) is 12.3. The van der Waals surface area contributed by atoms with Crippen molar-refractivity contribution in [2.75, 3.05) is 11.9 Å². The van der Waals surface area contributed by atoms with Gasteiger partial charge in [-0.3, -0.25) is 0 Å². The summed E-state index contributed by atoms with van der Waals surface area (Å²) in [6, 6.07) is 8.15. The van der Waals surface area contributed by atoms with E-state index in [2.05, 4.69) is 10.3 Å². The molecule has 0 fully saturated rings. The minimum absolute atomic E-state index is 0.0155. The number of amides is 1. The Morgan fingerprint density at radius 3 is 2.66 bits per heavy atom. The Morgan fingerprint density at radius 1 is 1.11 bits per heavy atom. The quantitative estimate of drug-likeness (QED) is 0.229. The van der Waals surface area contributed by atoms with Crippen molar-refractivity contribution in [3.8, 4) is 0 Å². The summed E-state index contributed by atoms with van der Waals surface area (Å²) in [4.78, 5) is 40.8. The second kappa shape index (κ2) is 8.79. The summed E-state index contributed by atoms with van der Waals surface area (Å²) in [6.45, 7) is 3.62. The van der Waals surface area contributed by atoms with E-state index in [9.17, 15) is 23.2 Å². The molecule has 7 nitrogen and oxygen atoms in total. The van der Waals surface area contributed by atoms with Crippen LogP contribution < -0.4 is 10.9 Å². The van der Waals surface area contributed by atoms with Crippen molar-refractivity contribution in [3.05, 3.63) is 86.5 Å². The number of aromatic amines is 1. The van der Waals surface area contributed by atoms with Gasteiger partial charge >= 0.3 is 182 Å². The molecule has 178 valence electrons. The summed E-state index contributed by atoms with van der Waals surface area (Å²) < 4.78 is 34.8. The molecule has 1 amide bonds. The Hall–Kier alpha value is -3.75. The number of aromatic nitrogens is 2. The zero-order valence-electron chi connectivity index (χ0n) is 18.7. The number of anilines is 1. The second-order valence-electron chi connectivity index (χ2n) is 8.14. The summed E-state index contributed by atoms with van der Waals surface area (Å²) in [5.41, 5.74) is 3.06. The van der Waals surface area contributed by atoms with Crippen LogP contribution in [-0.4, -0.2) is 41.8 Å². The van der Waals surface area contributed by atoms with Gasteiger partial charge in [-0.1, -0.05) is 0 Å². The van der Waals surface area contributed by atoms with Crippen LogP contribution in [0.5, 0.6) is 0 Å². The molecule has 1 aliphatic heterocycles. The Kier molecular flexibility index (Phi) is 5.78. The number of H-pyrrole nitrogens is 1. The van der Waals surface area contributed by atoms with E-state index in [-0.39, 0.29) is 50.7 Å². The summed E-state index contributed by atoms with van der Waals surface area (Å²) in [6.07, 6.45) is 1.58. The van der Waals surface area contributed by atoms with Gasteiger partial charge in [0.05, 0.1) is 0 Å². The fourth-order valence-electron chi connectivity index (χ4n) is 4.16. The van der Waals surface area contributed by atoms with E-state index in [0.29, 0.717) is 43.4 Å². The number of rotatable bonds is 5. The van der Waals surface area contributed by atoms with Gasteiger partial charge in [-0.05, 0) is 12.1 Å². The van der Waals surface area contributed by atoms with Gasteiger partial charge < -0.3 is 0 Å². The number of benzene rings is 2. The molecular formula is C25H19F2N3O4Se. The molecule has 5 rings (SSSR count). The number of hydrogen-bond donors (Lipinski definition) is 2. The van der Waals surface area contributed by atoms with Gasteiger partial charge in [0.25, 0.3) is 0 Å². The SMILES string of the molecule is Cc1[nH]c(/C=C2\C(=O)Nc3ccc(F)cc32)c(C)c1C(=O)OCCn1[se]c2cc(F)ccc2c1=O. The number of carbonyl (C=O) groups excluding carboxylic acids is 2. The average molecular weight is 542 g/mol. The first-order chi connectivity index (χ1) is 16.7. The van der Waals surface area contributed by atoms with Crippen molar-refractivity contribution in [2.45, 2.75) is 20.4 Å². The Morgan fingerprint density at radius 2 is 1.86 bits per heavy atom. The molecule has 0 aliphatic carbocycles. The summed E-state index contributed by atoms with van der Waals surface area (Å²) in [5.74, 6) is -1.77. The van der Waals surface area contributed by atoms with Crippen LogP contribution in [0.2, 0.25) is 0 Å². The van der Waals surface area contributed by atoms with Crippen LogP contribution in [0.3, 0.4) is 0 Å². The summed E-state index contributed by atoms with van der Waals surface area (Å²) in [7, 11) is 0. The van der Waals surface area contributed by atoms with Gasteiger partial charge in [0.1, 0.15) is 5.82 Å². The van der Waals surface area contributed by atoms with Crippen LogP contribution in [0.15, 0.2) is 41.2 Å². The standard InChI is InChI=1S/C25H19F2N3O4Se/c1-12-20(11-18-17-9-14(26)4-6-19(17)29-23(18)31)28-13(2)22(12)25(33)34-8-7-30-24(32)16-5-3-15(27)10-21(16)35-30/h3-6,9-11,28H,7-8H2,1-2H3,(H,29,31)/b18-11-. The molecule has 4 aromatic rings. The van der Waals surface area contributed by atoms with Crippen LogP contribution >= 0.6 is 0 Å². The molecule has 0 saturated heterocycles. The molecule has 0 bridgehead atoms. The van der Waals surface area contributed by atoms with Crippen LogP contribution in [0.1, 0.15) is 32.9 Å². The van der Waals surface area contributed by atoms with E-state index >= 15 is 0 Å². The third-order valence-electron chi connectivity index (χ3n) is 5.87. The third kappa shape index (κ3) is 4.15. The van der Waals surface area contributed by atoms with Crippen molar-refractivity contribution in [1.29, 1.82) is 0 Å². The molecule has 2 aromatic heterocycles. The Balaban J connectivity index is 1.34. The van der Waals surface area contributed by atoms with Crippen molar-refractivity contribution in [1.82, 2.24) is 8.55 Å². The molecule has 1 aliphatic rings. The second-order valence-corrected chi connectivity index (χ2v) is 10.4. The van der Waals surface area contributed by atoms with E-state index in [4.69, 9.17) is 4.74 Å². The van der Waals surface area contributed by atoms with Gasteiger partial charge in [0.2, 0.25) is 0 Å². The molecule has 0 saturated carbocycles. The van der Waals surface area contributed by atoms with E-state index in [1.165, 1.54) is 36.4 Å². The molecule has 10 heteroatoms. The molecule has 3 heterocycles. The van der Waals surface area contributed by atoms with Gasteiger partial charge in [0.15, 0.2) is 0 Å². The first-order valence-electron chi connectivity index (χ1n) is 10.7. The average Bonchev–Trinajstić information content (AvgIpc) is 3.39. The molecule has 35 heavy (non-hydrogen) atoms. The summed E-state index contributed by atoms with van der Waals surface area (Å²) >= 11 is -0.377. The number of halogens is 2. The summed E-state index contributed by atoms with van der Waals surface area (Å²) in [5, 5.41) is 3.17. The van der Waals surface area contributed by atoms with Gasteiger partial charge in [0, 0.05) is 0 Å². The van der Waals surface area contributed by atoms with E-state index in [1.807, 2.05) is 0 Å². The fourth-order valence-corrected chi connectivity index (χ4v) is 6.26. The van der Waals surface area contributed by atoms with E-state index in [1.54, 1.807) is 23.5 Å². The van der Waals surface area contributed by atoms with Crippen molar-refractivity contribution >= 4 is 53.6 Å². The topological polar surface area (TPSA) is 93.2 Å². The van der Waals surface area contributed by atoms with Crippen LogP contribution in [0.4, 0.5) is 14.5 Å². The molecule has 0 atom stereocenters. The maximum atomic E-state index is 13.7. The van der Waals surface area contributed by atoms with Crippen molar-refractivity contribution in [2.24, 2.45) is 0 Å².